The van der Waals surface area contributed by atoms with Crippen molar-refractivity contribution in [3.63, 3.8) is 0 Å². The zero-order valence-electron chi connectivity index (χ0n) is 14.5. The zero-order chi connectivity index (χ0) is 20.6. The molecule has 1 amide bonds. The highest BCUT2D eigenvalue weighted by atomic mass is 32.2. The minimum absolute atomic E-state index is 0.106. The van der Waals surface area contributed by atoms with Crippen LogP contribution in [0.5, 0.6) is 0 Å². The van der Waals surface area contributed by atoms with Gasteiger partial charge in [0.25, 0.3) is 0 Å². The number of anilines is 2. The van der Waals surface area contributed by atoms with E-state index in [1.807, 2.05) is 0 Å². The van der Waals surface area contributed by atoms with Gasteiger partial charge in [-0.25, -0.2) is 13.2 Å². The number of benzene rings is 2. The molecule has 0 radical (unpaired) electrons. The molecule has 2 aromatic rings. The van der Waals surface area contributed by atoms with Gasteiger partial charge in [0.2, 0.25) is 15.7 Å². The van der Waals surface area contributed by atoms with E-state index in [2.05, 4.69) is 17.9 Å². The standard InChI is InChI=1S/C12H12N2O2S.C5H9NO3S/c13-9-1-5-11(6-2-9)17(15,16)12-7-3-10(14)4-8-12;1-3(7)6-4(2-10)5(8)9/h1-8H,13-14H2;4,10H,2H2,1H3,(H,6,7)(H,8,9)/t;4-/m.0/s1. The van der Waals surface area contributed by atoms with Crippen LogP contribution in [0.25, 0.3) is 0 Å². The average molecular weight is 412 g/mol. The predicted octanol–water partition coefficient (Wildman–Crippen LogP) is 1.19. The van der Waals surface area contributed by atoms with Crippen molar-refractivity contribution in [1.82, 2.24) is 5.32 Å². The molecular formula is C17H21N3O5S2. The van der Waals surface area contributed by atoms with Crippen LogP contribution in [0.1, 0.15) is 6.92 Å². The number of nitrogens with two attached hydrogens (primary N) is 2. The van der Waals surface area contributed by atoms with E-state index < -0.39 is 21.8 Å². The number of thiol groups is 1. The number of hydrogen-bond donors (Lipinski definition) is 5. The third-order valence-corrected chi connectivity index (χ3v) is 5.39. The summed E-state index contributed by atoms with van der Waals surface area (Å²) in [5, 5.41) is 10.6. The minimum Gasteiger partial charge on any atom is -0.480 e. The van der Waals surface area contributed by atoms with Crippen LogP contribution in [0.2, 0.25) is 0 Å². The second-order valence-corrected chi connectivity index (χ2v) is 7.73. The van der Waals surface area contributed by atoms with Gasteiger partial charge in [0.15, 0.2) is 0 Å². The Kier molecular flexibility index (Phi) is 8.13. The van der Waals surface area contributed by atoms with Gasteiger partial charge < -0.3 is 21.9 Å². The second kappa shape index (κ2) is 9.83. The van der Waals surface area contributed by atoms with Crippen molar-refractivity contribution in [1.29, 1.82) is 0 Å². The summed E-state index contributed by atoms with van der Waals surface area (Å²) in [7, 11) is -3.48. The third-order valence-electron chi connectivity index (χ3n) is 3.24. The van der Waals surface area contributed by atoms with Gasteiger partial charge in [0.05, 0.1) is 9.79 Å². The van der Waals surface area contributed by atoms with E-state index in [1.54, 1.807) is 24.3 Å². The lowest BCUT2D eigenvalue weighted by molar-refractivity contribution is -0.140. The summed E-state index contributed by atoms with van der Waals surface area (Å²) in [5.41, 5.74) is 12.1. The molecule has 0 heterocycles. The molecule has 0 aliphatic heterocycles. The molecule has 0 aromatic heterocycles. The Morgan fingerprint density at radius 2 is 1.37 bits per heavy atom. The fourth-order valence-electron chi connectivity index (χ4n) is 1.86. The van der Waals surface area contributed by atoms with Crippen molar-refractivity contribution in [2.75, 3.05) is 17.2 Å². The summed E-state index contributed by atoms with van der Waals surface area (Å²) in [6.07, 6.45) is 0. The highest BCUT2D eigenvalue weighted by molar-refractivity contribution is 7.91. The van der Waals surface area contributed by atoms with E-state index in [0.29, 0.717) is 11.4 Å². The Labute approximate surface area is 162 Å². The summed E-state index contributed by atoms with van der Waals surface area (Å²) < 4.78 is 24.3. The van der Waals surface area contributed by atoms with Crippen molar-refractivity contribution in [2.45, 2.75) is 22.8 Å². The molecule has 0 aliphatic rings. The van der Waals surface area contributed by atoms with Gasteiger partial charge in [-0.1, -0.05) is 0 Å². The largest absolute Gasteiger partial charge is 0.480 e. The van der Waals surface area contributed by atoms with Crippen LogP contribution in [0.4, 0.5) is 11.4 Å². The molecule has 0 aliphatic carbocycles. The van der Waals surface area contributed by atoms with Crippen molar-refractivity contribution in [3.05, 3.63) is 48.5 Å². The van der Waals surface area contributed by atoms with Crippen LogP contribution in [-0.4, -0.2) is 37.2 Å². The second-order valence-electron chi connectivity index (χ2n) is 5.42. The number of carboxylic acid groups (broad SMARTS) is 1. The normalized spacial score (nSPS) is 11.6. The molecule has 2 rings (SSSR count). The number of carboxylic acids is 1. The van der Waals surface area contributed by atoms with Crippen LogP contribution in [-0.2, 0) is 19.4 Å². The number of amides is 1. The molecule has 2 aromatic carbocycles. The summed E-state index contributed by atoms with van der Waals surface area (Å²) in [5.74, 6) is -1.32. The molecule has 0 fully saturated rings. The quantitative estimate of drug-likeness (QED) is 0.366. The first kappa shape index (κ1) is 22.3. The molecule has 146 valence electrons. The van der Waals surface area contributed by atoms with Gasteiger partial charge in [0.1, 0.15) is 6.04 Å². The molecule has 0 saturated carbocycles. The summed E-state index contributed by atoms with van der Waals surface area (Å²) in [6, 6.07) is 11.3. The number of rotatable bonds is 5. The molecule has 10 heteroatoms. The Balaban J connectivity index is 0.000000314. The average Bonchev–Trinajstić information content (AvgIpc) is 2.60. The maximum atomic E-state index is 12.2. The number of nitrogen functional groups attached to an aromatic ring is 2. The van der Waals surface area contributed by atoms with Gasteiger partial charge in [-0.15, -0.1) is 0 Å². The predicted molar refractivity (Wildman–Crippen MR) is 106 cm³/mol. The Morgan fingerprint density at radius 1 is 1.00 bits per heavy atom. The monoisotopic (exact) mass is 411 g/mol. The maximum Gasteiger partial charge on any atom is 0.327 e. The van der Waals surface area contributed by atoms with Gasteiger partial charge in [0, 0.05) is 24.1 Å². The van der Waals surface area contributed by atoms with Crippen LogP contribution in [0.15, 0.2) is 58.3 Å². The fraction of sp³-hybridized carbons (Fsp3) is 0.176. The van der Waals surface area contributed by atoms with Gasteiger partial charge in [-0.3, -0.25) is 4.79 Å². The van der Waals surface area contributed by atoms with Crippen molar-refractivity contribution < 1.29 is 23.1 Å². The van der Waals surface area contributed by atoms with Crippen LogP contribution in [0, 0.1) is 0 Å². The molecule has 27 heavy (non-hydrogen) atoms. The first-order valence-electron chi connectivity index (χ1n) is 7.65. The zero-order valence-corrected chi connectivity index (χ0v) is 16.2. The van der Waals surface area contributed by atoms with Crippen LogP contribution in [0.3, 0.4) is 0 Å². The molecule has 0 bridgehead atoms. The Morgan fingerprint density at radius 3 is 1.59 bits per heavy atom. The van der Waals surface area contributed by atoms with E-state index in [0.717, 1.165) is 0 Å². The lowest BCUT2D eigenvalue weighted by atomic mass is 10.3. The van der Waals surface area contributed by atoms with Gasteiger partial charge in [-0.2, -0.15) is 12.6 Å². The van der Waals surface area contributed by atoms with Gasteiger partial charge >= 0.3 is 5.97 Å². The van der Waals surface area contributed by atoms with E-state index in [-0.39, 0.29) is 21.5 Å². The summed E-state index contributed by atoms with van der Waals surface area (Å²) in [4.78, 5) is 20.9. The highest BCUT2D eigenvalue weighted by Crippen LogP contribution is 2.22. The van der Waals surface area contributed by atoms with Crippen molar-refractivity contribution in [2.24, 2.45) is 0 Å². The number of carbonyl (C=O) groups excluding carboxylic acids is 1. The fourth-order valence-corrected chi connectivity index (χ4v) is 3.37. The number of hydrogen-bond acceptors (Lipinski definition) is 7. The van der Waals surface area contributed by atoms with E-state index in [4.69, 9.17) is 16.6 Å². The topological polar surface area (TPSA) is 153 Å². The smallest absolute Gasteiger partial charge is 0.327 e. The van der Waals surface area contributed by atoms with E-state index >= 15 is 0 Å². The number of sulfone groups is 1. The minimum atomic E-state index is -3.48. The molecule has 0 spiro atoms. The molecule has 1 atom stereocenters. The molecule has 6 N–H and O–H groups in total. The number of nitrogens with one attached hydrogen (secondary N) is 1. The van der Waals surface area contributed by atoms with Gasteiger partial charge in [-0.05, 0) is 48.5 Å². The maximum absolute atomic E-state index is 12.2. The first-order valence-corrected chi connectivity index (χ1v) is 9.76. The molecular weight excluding hydrogens is 390 g/mol. The SMILES string of the molecule is CC(=O)N[C@@H](CS)C(=O)O.Nc1ccc(S(=O)(=O)c2ccc(N)cc2)cc1. The Bertz CT molecular complexity index is 830. The highest BCUT2D eigenvalue weighted by Gasteiger charge is 2.17. The lowest BCUT2D eigenvalue weighted by Crippen LogP contribution is -2.40. The van der Waals surface area contributed by atoms with Crippen LogP contribution < -0.4 is 16.8 Å². The van der Waals surface area contributed by atoms with E-state index in [9.17, 15) is 18.0 Å². The number of carbonyl (C=O) groups is 2. The van der Waals surface area contributed by atoms with Crippen molar-refractivity contribution in [3.8, 4) is 0 Å². The van der Waals surface area contributed by atoms with Crippen LogP contribution >= 0.6 is 12.6 Å². The van der Waals surface area contributed by atoms with Crippen molar-refractivity contribution >= 4 is 45.7 Å². The lowest BCUT2D eigenvalue weighted by Gasteiger charge is -2.08. The molecule has 8 nitrogen and oxygen atoms in total. The third kappa shape index (κ3) is 6.83. The summed E-state index contributed by atoms with van der Waals surface area (Å²) >= 11 is 3.73. The summed E-state index contributed by atoms with van der Waals surface area (Å²) in [6.45, 7) is 1.26. The first-order chi connectivity index (χ1) is 12.6. The van der Waals surface area contributed by atoms with E-state index in [1.165, 1.54) is 31.2 Å². The molecule has 0 saturated heterocycles. The number of aliphatic carboxylic acids is 1. The Hall–Kier alpha value is -2.72. The molecule has 0 unspecified atom stereocenters.